The lowest BCUT2D eigenvalue weighted by Gasteiger charge is -2.14. The van der Waals surface area contributed by atoms with E-state index in [0.717, 1.165) is 0 Å². The summed E-state index contributed by atoms with van der Waals surface area (Å²) in [6.45, 7) is 6.33. The zero-order chi connectivity index (χ0) is 13.4. The van der Waals surface area contributed by atoms with Crippen LogP contribution in [0.2, 0.25) is 0 Å². The molecule has 0 amide bonds. The second kappa shape index (κ2) is 7.62. The zero-order valence-electron chi connectivity index (χ0n) is 10.1. The van der Waals surface area contributed by atoms with Crippen LogP contribution in [-0.4, -0.2) is 34.9 Å². The molecule has 0 aliphatic heterocycles. The van der Waals surface area contributed by atoms with Crippen LogP contribution in [0, 0.1) is 0 Å². The summed E-state index contributed by atoms with van der Waals surface area (Å²) in [4.78, 5) is 22.0. The Hall–Kier alpha value is -1.62. The molecule has 0 aliphatic carbocycles. The monoisotopic (exact) mass is 242 g/mol. The number of aliphatic hydroxyl groups excluding tert-OH is 1. The first kappa shape index (κ1) is 15.4. The summed E-state index contributed by atoms with van der Waals surface area (Å²) in [7, 11) is 0. The maximum atomic E-state index is 11.3. The first-order chi connectivity index (χ1) is 7.88. The standard InChI is InChI=1S/C12H18O5/c1-8(2)12(16)17-10(5-4-6-13)7-9(3)11(14)15/h7,10,13H,1,4-6H2,2-3H3,(H,14,15). The predicted molar refractivity (Wildman–Crippen MR) is 62.4 cm³/mol. The van der Waals surface area contributed by atoms with Gasteiger partial charge in [-0.1, -0.05) is 6.58 Å². The normalized spacial score (nSPS) is 13.0. The van der Waals surface area contributed by atoms with Gasteiger partial charge in [0.05, 0.1) is 0 Å². The molecule has 0 radical (unpaired) electrons. The number of esters is 1. The van der Waals surface area contributed by atoms with E-state index in [2.05, 4.69) is 6.58 Å². The molecule has 5 nitrogen and oxygen atoms in total. The van der Waals surface area contributed by atoms with Gasteiger partial charge in [0.2, 0.25) is 0 Å². The van der Waals surface area contributed by atoms with E-state index in [9.17, 15) is 9.59 Å². The molecule has 1 unspecified atom stereocenters. The molecule has 0 aromatic carbocycles. The van der Waals surface area contributed by atoms with Crippen LogP contribution in [0.4, 0.5) is 0 Å². The van der Waals surface area contributed by atoms with Crippen molar-refractivity contribution >= 4 is 11.9 Å². The number of carbonyl (C=O) groups is 2. The molecule has 96 valence electrons. The van der Waals surface area contributed by atoms with E-state index in [0.29, 0.717) is 12.8 Å². The van der Waals surface area contributed by atoms with Crippen molar-refractivity contribution in [3.63, 3.8) is 0 Å². The molecule has 0 saturated heterocycles. The van der Waals surface area contributed by atoms with Crippen LogP contribution in [0.15, 0.2) is 23.8 Å². The molecule has 5 heteroatoms. The average Bonchev–Trinajstić information content (AvgIpc) is 2.25. The second-order valence-corrected chi connectivity index (χ2v) is 3.74. The van der Waals surface area contributed by atoms with E-state index in [4.69, 9.17) is 14.9 Å². The lowest BCUT2D eigenvalue weighted by Crippen LogP contribution is -2.18. The quantitative estimate of drug-likeness (QED) is 0.519. The van der Waals surface area contributed by atoms with Crippen molar-refractivity contribution in [2.75, 3.05) is 6.61 Å². The Morgan fingerprint density at radius 3 is 2.41 bits per heavy atom. The fourth-order valence-electron chi connectivity index (χ4n) is 1.06. The molecule has 17 heavy (non-hydrogen) atoms. The summed E-state index contributed by atoms with van der Waals surface area (Å²) in [5, 5.41) is 17.4. The Kier molecular flexibility index (Phi) is 6.89. The lowest BCUT2D eigenvalue weighted by atomic mass is 10.1. The van der Waals surface area contributed by atoms with Crippen LogP contribution in [0.3, 0.4) is 0 Å². The van der Waals surface area contributed by atoms with Gasteiger partial charge in [0.1, 0.15) is 6.10 Å². The summed E-state index contributed by atoms with van der Waals surface area (Å²) in [6, 6.07) is 0. The van der Waals surface area contributed by atoms with E-state index >= 15 is 0 Å². The highest BCUT2D eigenvalue weighted by molar-refractivity contribution is 5.88. The summed E-state index contributed by atoms with van der Waals surface area (Å²) in [6.07, 6.45) is 1.51. The van der Waals surface area contributed by atoms with Crippen molar-refractivity contribution in [1.29, 1.82) is 0 Å². The third-order valence-corrected chi connectivity index (χ3v) is 2.03. The Morgan fingerprint density at radius 1 is 1.41 bits per heavy atom. The Morgan fingerprint density at radius 2 is 2.00 bits per heavy atom. The van der Waals surface area contributed by atoms with Crippen LogP contribution in [0.25, 0.3) is 0 Å². The molecule has 0 aliphatic rings. The minimum atomic E-state index is -1.06. The van der Waals surface area contributed by atoms with Crippen molar-refractivity contribution in [3.8, 4) is 0 Å². The molecule has 0 heterocycles. The Bertz CT molecular complexity index is 330. The smallest absolute Gasteiger partial charge is 0.333 e. The summed E-state index contributed by atoms with van der Waals surface area (Å²) >= 11 is 0. The van der Waals surface area contributed by atoms with Gasteiger partial charge in [-0.25, -0.2) is 9.59 Å². The first-order valence-electron chi connectivity index (χ1n) is 5.27. The Balaban J connectivity index is 4.64. The van der Waals surface area contributed by atoms with Crippen LogP contribution in [-0.2, 0) is 14.3 Å². The summed E-state index contributed by atoms with van der Waals surface area (Å²) in [5.74, 6) is -1.63. The number of carboxylic acids is 1. The van der Waals surface area contributed by atoms with Gasteiger partial charge in [0.15, 0.2) is 0 Å². The summed E-state index contributed by atoms with van der Waals surface area (Å²) < 4.78 is 5.05. The minimum Gasteiger partial charge on any atom is -0.478 e. The SMILES string of the molecule is C=C(C)C(=O)OC(C=C(C)C(=O)O)CCCO. The van der Waals surface area contributed by atoms with Crippen molar-refractivity contribution in [3.05, 3.63) is 23.8 Å². The van der Waals surface area contributed by atoms with Crippen molar-refractivity contribution in [2.45, 2.75) is 32.8 Å². The molecule has 2 N–H and O–H groups in total. The molecule has 0 aromatic rings. The predicted octanol–water partition coefficient (Wildman–Crippen LogP) is 1.28. The first-order valence-corrected chi connectivity index (χ1v) is 5.27. The number of hydrogen-bond donors (Lipinski definition) is 2. The van der Waals surface area contributed by atoms with Gasteiger partial charge >= 0.3 is 11.9 Å². The molecule has 0 saturated carbocycles. The maximum absolute atomic E-state index is 11.3. The molecule has 0 fully saturated rings. The molecular formula is C12H18O5. The van der Waals surface area contributed by atoms with Gasteiger partial charge in [0.25, 0.3) is 0 Å². The molecular weight excluding hydrogens is 224 g/mol. The maximum Gasteiger partial charge on any atom is 0.333 e. The van der Waals surface area contributed by atoms with Crippen LogP contribution < -0.4 is 0 Å². The number of ether oxygens (including phenoxy) is 1. The number of carboxylic acid groups (broad SMARTS) is 1. The van der Waals surface area contributed by atoms with Gasteiger partial charge in [0, 0.05) is 17.8 Å². The Labute approximate surface area is 100 Å². The van der Waals surface area contributed by atoms with Crippen molar-refractivity contribution < 1.29 is 24.5 Å². The third-order valence-electron chi connectivity index (χ3n) is 2.03. The zero-order valence-corrected chi connectivity index (χ0v) is 10.1. The highest BCUT2D eigenvalue weighted by atomic mass is 16.5. The van der Waals surface area contributed by atoms with E-state index in [1.54, 1.807) is 0 Å². The van der Waals surface area contributed by atoms with Gasteiger partial charge < -0.3 is 14.9 Å². The largest absolute Gasteiger partial charge is 0.478 e. The molecule has 0 aromatic heterocycles. The molecule has 1 atom stereocenters. The number of rotatable bonds is 7. The lowest BCUT2D eigenvalue weighted by molar-refractivity contribution is -0.142. The van der Waals surface area contributed by atoms with Crippen LogP contribution in [0.1, 0.15) is 26.7 Å². The minimum absolute atomic E-state index is 0.0406. The van der Waals surface area contributed by atoms with E-state index in [-0.39, 0.29) is 17.8 Å². The van der Waals surface area contributed by atoms with Gasteiger partial charge in [-0.15, -0.1) is 0 Å². The van der Waals surface area contributed by atoms with E-state index in [1.807, 2.05) is 0 Å². The fourth-order valence-corrected chi connectivity index (χ4v) is 1.06. The van der Waals surface area contributed by atoms with Gasteiger partial charge in [-0.05, 0) is 32.8 Å². The van der Waals surface area contributed by atoms with Crippen LogP contribution in [0.5, 0.6) is 0 Å². The second-order valence-electron chi connectivity index (χ2n) is 3.74. The van der Waals surface area contributed by atoms with E-state index < -0.39 is 18.0 Å². The van der Waals surface area contributed by atoms with Crippen molar-refractivity contribution in [2.24, 2.45) is 0 Å². The van der Waals surface area contributed by atoms with Crippen molar-refractivity contribution in [1.82, 2.24) is 0 Å². The van der Waals surface area contributed by atoms with Gasteiger partial charge in [-0.2, -0.15) is 0 Å². The topological polar surface area (TPSA) is 83.8 Å². The average molecular weight is 242 g/mol. The highest BCUT2D eigenvalue weighted by Crippen LogP contribution is 2.10. The summed E-state index contributed by atoms with van der Waals surface area (Å²) in [5.41, 5.74) is 0.350. The van der Waals surface area contributed by atoms with Crippen LogP contribution >= 0.6 is 0 Å². The number of aliphatic hydroxyl groups is 1. The molecule has 0 rings (SSSR count). The van der Waals surface area contributed by atoms with E-state index in [1.165, 1.54) is 19.9 Å². The number of hydrogen-bond acceptors (Lipinski definition) is 4. The fraction of sp³-hybridized carbons (Fsp3) is 0.500. The molecule has 0 bridgehead atoms. The highest BCUT2D eigenvalue weighted by Gasteiger charge is 2.14. The molecule has 0 spiro atoms. The van der Waals surface area contributed by atoms with Gasteiger partial charge in [-0.3, -0.25) is 0 Å². The number of aliphatic carboxylic acids is 1. The number of carbonyl (C=O) groups excluding carboxylic acids is 1. The third kappa shape index (κ3) is 6.52.